The number of aryl methyl sites for hydroxylation is 1. The van der Waals surface area contributed by atoms with Crippen molar-refractivity contribution >= 4 is 34.0 Å². The summed E-state index contributed by atoms with van der Waals surface area (Å²) in [7, 11) is 0. The normalized spacial score (nSPS) is 11.3. The molecule has 28 heavy (non-hydrogen) atoms. The standard InChI is InChI=1S/C20H18N8/c1-2-28-7-5-18(26-28)24-17-10-15(12-27-8-6-22-19(17)27)13-3-4-16-14(9-13)11-23-20(21)25-16/h3-12H,2H2,1H3,(H,24,26)(H2,21,23,25). The Morgan fingerprint density at radius 3 is 2.86 bits per heavy atom. The van der Waals surface area contributed by atoms with Gasteiger partial charge in [-0.2, -0.15) is 5.10 Å². The van der Waals surface area contributed by atoms with Crippen molar-refractivity contribution in [2.45, 2.75) is 13.5 Å². The average molecular weight is 370 g/mol. The van der Waals surface area contributed by atoms with Gasteiger partial charge < -0.3 is 15.5 Å². The first-order valence-corrected chi connectivity index (χ1v) is 8.99. The van der Waals surface area contributed by atoms with Gasteiger partial charge in [0.1, 0.15) is 0 Å². The molecule has 3 N–H and O–H groups in total. The molecular weight excluding hydrogens is 352 g/mol. The molecule has 0 bridgehead atoms. The number of hydrogen-bond donors (Lipinski definition) is 2. The van der Waals surface area contributed by atoms with Crippen molar-refractivity contribution in [1.29, 1.82) is 0 Å². The van der Waals surface area contributed by atoms with Gasteiger partial charge >= 0.3 is 0 Å². The van der Waals surface area contributed by atoms with E-state index in [2.05, 4.69) is 50.6 Å². The third-order valence-corrected chi connectivity index (χ3v) is 4.65. The molecule has 5 aromatic rings. The highest BCUT2D eigenvalue weighted by molar-refractivity contribution is 5.86. The van der Waals surface area contributed by atoms with Crippen LogP contribution in [0.3, 0.4) is 0 Å². The van der Waals surface area contributed by atoms with E-state index in [0.717, 1.165) is 45.7 Å². The number of nitrogens with two attached hydrogens (primary N) is 1. The van der Waals surface area contributed by atoms with Crippen LogP contribution in [0.1, 0.15) is 6.92 Å². The van der Waals surface area contributed by atoms with Gasteiger partial charge in [-0.1, -0.05) is 6.07 Å². The number of nitrogens with one attached hydrogen (secondary N) is 1. The van der Waals surface area contributed by atoms with Gasteiger partial charge in [-0.25, -0.2) is 15.0 Å². The number of benzene rings is 1. The molecule has 0 aliphatic carbocycles. The Kier molecular flexibility index (Phi) is 3.68. The molecule has 8 heteroatoms. The summed E-state index contributed by atoms with van der Waals surface area (Å²) in [6, 6.07) is 10.1. The van der Waals surface area contributed by atoms with Crippen molar-refractivity contribution in [3.63, 3.8) is 0 Å². The maximum atomic E-state index is 5.68. The van der Waals surface area contributed by atoms with Gasteiger partial charge in [-0.15, -0.1) is 0 Å². The zero-order chi connectivity index (χ0) is 19.1. The third kappa shape index (κ3) is 2.81. The molecule has 0 spiro atoms. The van der Waals surface area contributed by atoms with Crippen LogP contribution < -0.4 is 11.1 Å². The summed E-state index contributed by atoms with van der Waals surface area (Å²) < 4.78 is 3.88. The minimum atomic E-state index is 0.276. The topological polar surface area (TPSA) is 99.0 Å². The van der Waals surface area contributed by atoms with Crippen molar-refractivity contribution in [1.82, 2.24) is 29.1 Å². The van der Waals surface area contributed by atoms with Crippen LogP contribution in [0, 0.1) is 0 Å². The highest BCUT2D eigenvalue weighted by atomic mass is 15.3. The Morgan fingerprint density at radius 2 is 2.00 bits per heavy atom. The number of nitrogen functional groups attached to an aromatic ring is 1. The van der Waals surface area contributed by atoms with Gasteiger partial charge in [-0.05, 0) is 30.7 Å². The largest absolute Gasteiger partial charge is 0.368 e. The molecule has 8 nitrogen and oxygen atoms in total. The monoisotopic (exact) mass is 370 g/mol. The second-order valence-corrected chi connectivity index (χ2v) is 6.48. The highest BCUT2D eigenvalue weighted by Gasteiger charge is 2.10. The summed E-state index contributed by atoms with van der Waals surface area (Å²) in [5, 5.41) is 8.83. The van der Waals surface area contributed by atoms with Crippen LogP contribution in [-0.4, -0.2) is 29.1 Å². The number of imidazole rings is 1. The maximum absolute atomic E-state index is 5.68. The third-order valence-electron chi connectivity index (χ3n) is 4.65. The minimum Gasteiger partial charge on any atom is -0.368 e. The first-order valence-electron chi connectivity index (χ1n) is 8.99. The zero-order valence-electron chi connectivity index (χ0n) is 15.2. The van der Waals surface area contributed by atoms with Gasteiger partial charge in [0.05, 0.1) is 11.2 Å². The maximum Gasteiger partial charge on any atom is 0.220 e. The van der Waals surface area contributed by atoms with Crippen LogP contribution in [0.15, 0.2) is 61.3 Å². The quantitative estimate of drug-likeness (QED) is 0.502. The Hall–Kier alpha value is -3.94. The summed E-state index contributed by atoms with van der Waals surface area (Å²) in [5.41, 5.74) is 10.3. The molecule has 4 heterocycles. The molecular formula is C20H18N8. The predicted octanol–water partition coefficient (Wildman–Crippen LogP) is 3.49. The average Bonchev–Trinajstić information content (AvgIpc) is 3.36. The molecule has 0 fully saturated rings. The molecule has 0 radical (unpaired) electrons. The summed E-state index contributed by atoms with van der Waals surface area (Å²) in [4.78, 5) is 12.8. The Balaban J connectivity index is 1.61. The molecule has 4 aromatic heterocycles. The van der Waals surface area contributed by atoms with E-state index in [1.54, 1.807) is 12.4 Å². The van der Waals surface area contributed by atoms with Crippen molar-refractivity contribution in [3.05, 3.63) is 61.3 Å². The van der Waals surface area contributed by atoms with E-state index in [1.807, 2.05) is 39.7 Å². The summed E-state index contributed by atoms with van der Waals surface area (Å²) >= 11 is 0. The lowest BCUT2D eigenvalue weighted by Gasteiger charge is -2.10. The summed E-state index contributed by atoms with van der Waals surface area (Å²) in [6.07, 6.45) is 9.46. The number of pyridine rings is 1. The Morgan fingerprint density at radius 1 is 1.07 bits per heavy atom. The van der Waals surface area contributed by atoms with Crippen LogP contribution in [-0.2, 0) is 6.54 Å². The van der Waals surface area contributed by atoms with E-state index < -0.39 is 0 Å². The lowest BCUT2D eigenvalue weighted by atomic mass is 10.0. The molecule has 0 atom stereocenters. The van der Waals surface area contributed by atoms with Gasteiger partial charge in [0.15, 0.2) is 11.5 Å². The number of anilines is 3. The SMILES string of the molecule is CCn1ccc(Nc2cc(-c3ccc4nc(N)ncc4c3)cn3ccnc23)n1. The Labute approximate surface area is 160 Å². The van der Waals surface area contributed by atoms with Crippen molar-refractivity contribution in [2.24, 2.45) is 0 Å². The van der Waals surface area contributed by atoms with E-state index in [0.29, 0.717) is 0 Å². The van der Waals surface area contributed by atoms with Gasteiger partial charge in [0.2, 0.25) is 5.95 Å². The predicted molar refractivity (Wildman–Crippen MR) is 109 cm³/mol. The number of aromatic nitrogens is 6. The van der Waals surface area contributed by atoms with E-state index in [1.165, 1.54) is 0 Å². The van der Waals surface area contributed by atoms with Crippen LogP contribution in [0.2, 0.25) is 0 Å². The van der Waals surface area contributed by atoms with E-state index in [9.17, 15) is 0 Å². The molecule has 0 aliphatic rings. The van der Waals surface area contributed by atoms with Crippen molar-refractivity contribution < 1.29 is 0 Å². The van der Waals surface area contributed by atoms with Gasteiger partial charge in [0, 0.05) is 54.5 Å². The summed E-state index contributed by atoms with van der Waals surface area (Å²) in [6.45, 7) is 2.88. The number of hydrogen-bond acceptors (Lipinski definition) is 6. The van der Waals surface area contributed by atoms with Gasteiger partial charge in [0.25, 0.3) is 0 Å². The van der Waals surface area contributed by atoms with Crippen LogP contribution >= 0.6 is 0 Å². The first-order chi connectivity index (χ1) is 13.7. The smallest absolute Gasteiger partial charge is 0.220 e. The molecule has 5 rings (SSSR count). The molecule has 0 saturated carbocycles. The molecule has 0 aliphatic heterocycles. The highest BCUT2D eigenvalue weighted by Crippen LogP contribution is 2.29. The number of fused-ring (bicyclic) bond motifs is 2. The zero-order valence-corrected chi connectivity index (χ0v) is 15.2. The van der Waals surface area contributed by atoms with Crippen LogP contribution in [0.4, 0.5) is 17.5 Å². The lowest BCUT2D eigenvalue weighted by molar-refractivity contribution is 0.662. The second kappa shape index (κ2) is 6.34. The molecule has 0 unspecified atom stereocenters. The fraction of sp³-hybridized carbons (Fsp3) is 0.100. The second-order valence-electron chi connectivity index (χ2n) is 6.48. The summed E-state index contributed by atoms with van der Waals surface area (Å²) in [5.74, 6) is 1.06. The molecule has 0 saturated heterocycles. The lowest BCUT2D eigenvalue weighted by Crippen LogP contribution is -1.99. The molecule has 1 aromatic carbocycles. The molecule has 138 valence electrons. The molecule has 0 amide bonds. The van der Waals surface area contributed by atoms with E-state index >= 15 is 0 Å². The number of nitrogens with zero attached hydrogens (tertiary/aromatic N) is 6. The number of rotatable bonds is 4. The fourth-order valence-corrected chi connectivity index (χ4v) is 3.25. The fourth-order valence-electron chi connectivity index (χ4n) is 3.25. The Bertz CT molecular complexity index is 1300. The van der Waals surface area contributed by atoms with Gasteiger partial charge in [-0.3, -0.25) is 4.68 Å². The van der Waals surface area contributed by atoms with Crippen molar-refractivity contribution in [3.8, 4) is 11.1 Å². The van der Waals surface area contributed by atoms with Crippen molar-refractivity contribution in [2.75, 3.05) is 11.1 Å². The van der Waals surface area contributed by atoms with Crippen LogP contribution in [0.5, 0.6) is 0 Å². The van der Waals surface area contributed by atoms with Crippen LogP contribution in [0.25, 0.3) is 27.7 Å². The first kappa shape index (κ1) is 16.2. The van der Waals surface area contributed by atoms with E-state index in [4.69, 9.17) is 5.73 Å². The minimum absolute atomic E-state index is 0.276. The van der Waals surface area contributed by atoms with E-state index in [-0.39, 0.29) is 5.95 Å².